The second-order valence-electron chi connectivity index (χ2n) is 3.53. The van der Waals surface area contributed by atoms with E-state index in [4.69, 9.17) is 5.73 Å². The maximum absolute atomic E-state index is 11.7. The Morgan fingerprint density at radius 1 is 1.47 bits per heavy atom. The molecule has 7 nitrogen and oxygen atoms in total. The van der Waals surface area contributed by atoms with E-state index in [1.54, 1.807) is 19.2 Å². The van der Waals surface area contributed by atoms with Crippen LogP contribution in [0.15, 0.2) is 24.3 Å². The first kappa shape index (κ1) is 11.1. The number of rotatable bonds is 3. The van der Waals surface area contributed by atoms with Crippen molar-refractivity contribution in [1.29, 1.82) is 0 Å². The van der Waals surface area contributed by atoms with Gasteiger partial charge in [0.05, 0.1) is 13.5 Å². The molecule has 0 aliphatic rings. The van der Waals surface area contributed by atoms with Crippen molar-refractivity contribution >= 4 is 17.5 Å². The molecule has 3 N–H and O–H groups in total. The summed E-state index contributed by atoms with van der Waals surface area (Å²) in [6.45, 7) is 0. The first-order valence-corrected chi connectivity index (χ1v) is 5.02. The fourth-order valence-electron chi connectivity index (χ4n) is 1.37. The van der Waals surface area contributed by atoms with Gasteiger partial charge in [0.2, 0.25) is 5.91 Å². The summed E-state index contributed by atoms with van der Waals surface area (Å²) in [4.78, 5) is 12.9. The van der Waals surface area contributed by atoms with E-state index in [0.717, 1.165) is 5.56 Å². The Labute approximate surface area is 97.6 Å². The number of nitrogens with one attached hydrogen (secondary N) is 1. The molecule has 0 unspecified atom stereocenters. The lowest BCUT2D eigenvalue weighted by molar-refractivity contribution is -0.115. The van der Waals surface area contributed by atoms with Crippen molar-refractivity contribution in [3.63, 3.8) is 0 Å². The van der Waals surface area contributed by atoms with Crippen molar-refractivity contribution < 1.29 is 4.79 Å². The number of nitrogens with two attached hydrogens (primary N) is 1. The molecule has 0 radical (unpaired) electrons. The number of amides is 1. The molecule has 0 spiro atoms. The number of anilines is 2. The van der Waals surface area contributed by atoms with Crippen molar-refractivity contribution in [3.8, 4) is 0 Å². The third-order valence-corrected chi connectivity index (χ3v) is 2.17. The van der Waals surface area contributed by atoms with Crippen LogP contribution >= 0.6 is 0 Å². The van der Waals surface area contributed by atoms with Gasteiger partial charge in [-0.3, -0.25) is 10.1 Å². The molecule has 1 aromatic heterocycles. The number of carbonyl (C=O) groups excluding carboxylic acids is 1. The van der Waals surface area contributed by atoms with Crippen LogP contribution in [-0.2, 0) is 18.3 Å². The zero-order valence-corrected chi connectivity index (χ0v) is 9.29. The van der Waals surface area contributed by atoms with E-state index in [1.807, 2.05) is 12.1 Å². The number of nitrogens with zero attached hydrogens (tertiary/aromatic N) is 4. The number of hydrogen-bond acceptors (Lipinski definition) is 5. The van der Waals surface area contributed by atoms with Crippen molar-refractivity contribution in [3.05, 3.63) is 29.8 Å². The Balaban J connectivity index is 2.01. The van der Waals surface area contributed by atoms with E-state index in [1.165, 1.54) is 4.80 Å². The summed E-state index contributed by atoms with van der Waals surface area (Å²) in [5.74, 6) is -0.0390. The molecule has 0 fully saturated rings. The molecule has 0 aliphatic carbocycles. The van der Waals surface area contributed by atoms with Crippen LogP contribution < -0.4 is 11.1 Å². The second kappa shape index (κ2) is 4.60. The van der Waals surface area contributed by atoms with Crippen LogP contribution in [0.5, 0.6) is 0 Å². The minimum absolute atomic E-state index is 0.185. The summed E-state index contributed by atoms with van der Waals surface area (Å²) in [6.07, 6.45) is 0.185. The number of aromatic nitrogens is 4. The first-order valence-electron chi connectivity index (χ1n) is 5.02. The number of tetrazole rings is 1. The van der Waals surface area contributed by atoms with Gasteiger partial charge in [0, 0.05) is 5.69 Å². The predicted octanol–water partition coefficient (Wildman–Crippen LogP) is -0.0265. The van der Waals surface area contributed by atoms with Crippen LogP contribution in [-0.4, -0.2) is 26.1 Å². The smallest absolute Gasteiger partial charge is 0.270 e. The Morgan fingerprint density at radius 3 is 2.88 bits per heavy atom. The Hall–Kier alpha value is -2.44. The third kappa shape index (κ3) is 2.77. The highest BCUT2D eigenvalue weighted by molar-refractivity contribution is 5.91. The highest BCUT2D eigenvalue weighted by Crippen LogP contribution is 2.11. The monoisotopic (exact) mass is 232 g/mol. The van der Waals surface area contributed by atoms with Gasteiger partial charge >= 0.3 is 0 Å². The van der Waals surface area contributed by atoms with Crippen molar-refractivity contribution in [1.82, 2.24) is 20.2 Å². The number of nitrogen functional groups attached to an aromatic ring is 1. The van der Waals surface area contributed by atoms with Gasteiger partial charge in [-0.05, 0) is 16.8 Å². The quantitative estimate of drug-likeness (QED) is 0.724. The SMILES string of the molecule is Cn1nnc(NC(=O)Cc2ccccc2N)n1. The summed E-state index contributed by atoms with van der Waals surface area (Å²) in [5, 5.41) is 13.7. The lowest BCUT2D eigenvalue weighted by Crippen LogP contribution is -2.16. The molecule has 17 heavy (non-hydrogen) atoms. The standard InChI is InChI=1S/C10H12N6O/c1-16-14-10(13-15-16)12-9(17)6-7-4-2-3-5-8(7)11/h2-5H,6,11H2,1H3,(H,12,14,17). The number of para-hydroxylation sites is 1. The molecule has 0 aliphatic heterocycles. The van der Waals surface area contributed by atoms with Crippen molar-refractivity contribution in [2.24, 2.45) is 7.05 Å². The number of carbonyl (C=O) groups is 1. The van der Waals surface area contributed by atoms with E-state index >= 15 is 0 Å². The molecule has 1 heterocycles. The average molecular weight is 232 g/mol. The number of benzene rings is 1. The van der Waals surface area contributed by atoms with Crippen LogP contribution in [0.2, 0.25) is 0 Å². The molecule has 88 valence electrons. The Morgan fingerprint density at radius 2 is 2.24 bits per heavy atom. The summed E-state index contributed by atoms with van der Waals surface area (Å²) in [6, 6.07) is 7.21. The molecule has 0 saturated heterocycles. The molecule has 2 rings (SSSR count). The number of aryl methyl sites for hydroxylation is 1. The summed E-state index contributed by atoms with van der Waals surface area (Å²) in [7, 11) is 1.62. The zero-order chi connectivity index (χ0) is 12.3. The largest absolute Gasteiger partial charge is 0.398 e. The van der Waals surface area contributed by atoms with Crippen LogP contribution in [0.1, 0.15) is 5.56 Å². The summed E-state index contributed by atoms with van der Waals surface area (Å²) in [5.41, 5.74) is 7.10. The van der Waals surface area contributed by atoms with E-state index in [-0.39, 0.29) is 18.3 Å². The molecular formula is C10H12N6O. The Kier molecular flexibility index (Phi) is 2.99. The highest BCUT2D eigenvalue weighted by Gasteiger charge is 2.08. The van der Waals surface area contributed by atoms with Gasteiger partial charge in [0.25, 0.3) is 5.95 Å². The predicted molar refractivity (Wildman–Crippen MR) is 62.0 cm³/mol. The molecule has 0 bridgehead atoms. The summed E-state index contributed by atoms with van der Waals surface area (Å²) < 4.78 is 0. The van der Waals surface area contributed by atoms with E-state index in [9.17, 15) is 4.79 Å². The van der Waals surface area contributed by atoms with Gasteiger partial charge in [-0.15, -0.1) is 5.10 Å². The Bertz CT molecular complexity index is 535. The summed E-state index contributed by atoms with van der Waals surface area (Å²) >= 11 is 0. The first-order chi connectivity index (χ1) is 8.15. The normalized spacial score (nSPS) is 10.2. The average Bonchev–Trinajstić information content (AvgIpc) is 2.67. The maximum atomic E-state index is 11.7. The fraction of sp³-hybridized carbons (Fsp3) is 0.200. The molecule has 7 heteroatoms. The molecule has 1 amide bonds. The van der Waals surface area contributed by atoms with Crippen molar-refractivity contribution in [2.75, 3.05) is 11.1 Å². The molecule has 0 saturated carbocycles. The van der Waals surface area contributed by atoms with E-state index in [0.29, 0.717) is 5.69 Å². The molecule has 1 aromatic carbocycles. The highest BCUT2D eigenvalue weighted by atomic mass is 16.1. The van der Waals surface area contributed by atoms with Gasteiger partial charge in [-0.25, -0.2) is 0 Å². The third-order valence-electron chi connectivity index (χ3n) is 2.17. The minimum atomic E-state index is -0.226. The fourth-order valence-corrected chi connectivity index (χ4v) is 1.37. The van der Waals surface area contributed by atoms with Gasteiger partial charge in [-0.2, -0.15) is 4.80 Å². The van der Waals surface area contributed by atoms with Crippen LogP contribution in [0.3, 0.4) is 0 Å². The maximum Gasteiger partial charge on any atom is 0.270 e. The molecule has 2 aromatic rings. The van der Waals surface area contributed by atoms with E-state index in [2.05, 4.69) is 20.7 Å². The van der Waals surface area contributed by atoms with Gasteiger partial charge in [0.1, 0.15) is 0 Å². The van der Waals surface area contributed by atoms with Gasteiger partial charge in [-0.1, -0.05) is 23.3 Å². The molecular weight excluding hydrogens is 220 g/mol. The van der Waals surface area contributed by atoms with Gasteiger partial charge in [0.15, 0.2) is 0 Å². The zero-order valence-electron chi connectivity index (χ0n) is 9.29. The minimum Gasteiger partial charge on any atom is -0.398 e. The van der Waals surface area contributed by atoms with Crippen LogP contribution in [0, 0.1) is 0 Å². The van der Waals surface area contributed by atoms with E-state index < -0.39 is 0 Å². The molecule has 0 atom stereocenters. The lowest BCUT2D eigenvalue weighted by Gasteiger charge is -2.04. The number of hydrogen-bond donors (Lipinski definition) is 2. The topological polar surface area (TPSA) is 98.7 Å². The van der Waals surface area contributed by atoms with Gasteiger partial charge < -0.3 is 5.73 Å². The van der Waals surface area contributed by atoms with Crippen LogP contribution in [0.25, 0.3) is 0 Å². The lowest BCUT2D eigenvalue weighted by atomic mass is 10.1. The van der Waals surface area contributed by atoms with Crippen LogP contribution in [0.4, 0.5) is 11.6 Å². The second-order valence-corrected chi connectivity index (χ2v) is 3.53. The van der Waals surface area contributed by atoms with Crippen molar-refractivity contribution in [2.45, 2.75) is 6.42 Å².